The third-order valence-corrected chi connectivity index (χ3v) is 5.07. The number of nitrogens with one attached hydrogen (secondary N) is 1. The molecular weight excluding hydrogens is 298 g/mol. The largest absolute Gasteiger partial charge is 0.397 e. The maximum Gasteiger partial charge on any atom is 0.263 e. The van der Waals surface area contributed by atoms with Crippen LogP contribution in [0.3, 0.4) is 0 Å². The fraction of sp³-hybridized carbons (Fsp3) is 0.375. The van der Waals surface area contributed by atoms with E-state index in [1.54, 1.807) is 18.5 Å². The second-order valence-electron chi connectivity index (χ2n) is 5.73. The number of rotatable bonds is 5. The van der Waals surface area contributed by atoms with Gasteiger partial charge in [-0.15, -0.1) is 11.3 Å². The summed E-state index contributed by atoms with van der Waals surface area (Å²) in [4.78, 5) is 17.0. The molecule has 0 aromatic carbocycles. The van der Waals surface area contributed by atoms with Gasteiger partial charge in [0.2, 0.25) is 0 Å². The van der Waals surface area contributed by atoms with Crippen LogP contribution in [0.2, 0.25) is 0 Å². The van der Waals surface area contributed by atoms with E-state index in [2.05, 4.69) is 10.3 Å². The van der Waals surface area contributed by atoms with E-state index in [1.807, 2.05) is 17.5 Å². The van der Waals surface area contributed by atoms with E-state index in [4.69, 9.17) is 5.73 Å². The van der Waals surface area contributed by atoms with Gasteiger partial charge in [-0.2, -0.15) is 0 Å². The monoisotopic (exact) mass is 317 g/mol. The Morgan fingerprint density at radius 2 is 2.14 bits per heavy atom. The number of anilines is 1. The van der Waals surface area contributed by atoms with Crippen molar-refractivity contribution in [3.8, 4) is 0 Å². The van der Waals surface area contributed by atoms with Crippen molar-refractivity contribution in [2.45, 2.75) is 31.4 Å². The summed E-state index contributed by atoms with van der Waals surface area (Å²) >= 11 is 1.35. The number of aromatic nitrogens is 1. The van der Waals surface area contributed by atoms with Gasteiger partial charge in [-0.1, -0.05) is 0 Å². The fourth-order valence-electron chi connectivity index (χ4n) is 2.80. The van der Waals surface area contributed by atoms with Crippen molar-refractivity contribution < 1.29 is 9.90 Å². The van der Waals surface area contributed by atoms with Crippen LogP contribution in [-0.2, 0) is 6.42 Å². The highest BCUT2D eigenvalue weighted by Crippen LogP contribution is 2.32. The number of hydrogen-bond acceptors (Lipinski definition) is 5. The van der Waals surface area contributed by atoms with Gasteiger partial charge < -0.3 is 16.2 Å². The molecule has 0 aliphatic heterocycles. The Morgan fingerprint density at radius 1 is 1.41 bits per heavy atom. The first-order chi connectivity index (χ1) is 10.6. The summed E-state index contributed by atoms with van der Waals surface area (Å²) in [5.74, 6) is 0.168. The van der Waals surface area contributed by atoms with Crippen LogP contribution in [0.15, 0.2) is 36.0 Å². The lowest BCUT2D eigenvalue weighted by molar-refractivity contribution is 0.0240. The second kappa shape index (κ2) is 6.46. The first-order valence-electron chi connectivity index (χ1n) is 7.34. The molecule has 5 nitrogen and oxygen atoms in total. The normalized spacial score (nSPS) is 21.9. The van der Waals surface area contributed by atoms with Gasteiger partial charge in [0.1, 0.15) is 4.88 Å². The van der Waals surface area contributed by atoms with Crippen LogP contribution in [-0.4, -0.2) is 28.1 Å². The maximum absolute atomic E-state index is 12.4. The molecule has 116 valence electrons. The van der Waals surface area contributed by atoms with Crippen molar-refractivity contribution in [1.29, 1.82) is 0 Å². The van der Waals surface area contributed by atoms with Crippen molar-refractivity contribution in [3.05, 3.63) is 46.4 Å². The zero-order chi connectivity index (χ0) is 15.5. The highest BCUT2D eigenvalue weighted by atomic mass is 32.1. The zero-order valence-corrected chi connectivity index (χ0v) is 12.9. The maximum atomic E-state index is 12.4. The first-order valence-corrected chi connectivity index (χ1v) is 8.22. The Kier molecular flexibility index (Phi) is 4.40. The summed E-state index contributed by atoms with van der Waals surface area (Å²) < 4.78 is 0. The van der Waals surface area contributed by atoms with E-state index in [1.165, 1.54) is 11.3 Å². The van der Waals surface area contributed by atoms with E-state index >= 15 is 0 Å². The predicted octanol–water partition coefficient (Wildman–Crippen LogP) is 1.84. The number of hydrogen-bond donors (Lipinski definition) is 3. The van der Waals surface area contributed by atoms with E-state index in [0.717, 1.165) is 24.8 Å². The summed E-state index contributed by atoms with van der Waals surface area (Å²) in [5.41, 5.74) is 7.45. The number of carbonyl (C=O) groups excluding carboxylic acids is 1. The number of aliphatic hydroxyl groups excluding tert-OH is 1. The minimum Gasteiger partial charge on any atom is -0.397 e. The van der Waals surface area contributed by atoms with Crippen molar-refractivity contribution >= 4 is 22.9 Å². The van der Waals surface area contributed by atoms with Gasteiger partial charge in [0, 0.05) is 18.4 Å². The molecule has 6 heteroatoms. The van der Waals surface area contributed by atoms with E-state index in [0.29, 0.717) is 16.5 Å². The van der Waals surface area contributed by atoms with E-state index in [-0.39, 0.29) is 18.1 Å². The van der Waals surface area contributed by atoms with Crippen molar-refractivity contribution in [1.82, 2.24) is 10.3 Å². The van der Waals surface area contributed by atoms with E-state index < -0.39 is 0 Å². The Morgan fingerprint density at radius 3 is 2.73 bits per heavy atom. The average molecular weight is 317 g/mol. The van der Waals surface area contributed by atoms with Crippen LogP contribution in [0.5, 0.6) is 0 Å². The van der Waals surface area contributed by atoms with Crippen LogP contribution < -0.4 is 11.1 Å². The number of amides is 1. The molecule has 1 amide bonds. The number of nitrogens with zero attached hydrogens (tertiary/aromatic N) is 1. The molecule has 3 rings (SSSR count). The van der Waals surface area contributed by atoms with Gasteiger partial charge in [-0.3, -0.25) is 9.78 Å². The van der Waals surface area contributed by atoms with Crippen molar-refractivity contribution in [2.24, 2.45) is 5.92 Å². The van der Waals surface area contributed by atoms with Crippen molar-refractivity contribution in [3.63, 3.8) is 0 Å². The van der Waals surface area contributed by atoms with Gasteiger partial charge in [-0.25, -0.2) is 0 Å². The molecular formula is C16H19N3O2S. The molecule has 0 unspecified atom stereocenters. The van der Waals surface area contributed by atoms with Gasteiger partial charge in [-0.05, 0) is 54.3 Å². The highest BCUT2D eigenvalue weighted by molar-refractivity contribution is 7.12. The Bertz CT molecular complexity index is 638. The van der Waals surface area contributed by atoms with Crippen LogP contribution in [0.1, 0.15) is 28.1 Å². The molecule has 2 aromatic heterocycles. The topological polar surface area (TPSA) is 88.2 Å². The minimum absolute atomic E-state index is 0.000185. The van der Waals surface area contributed by atoms with Crippen LogP contribution in [0.4, 0.5) is 5.69 Å². The molecule has 2 aromatic rings. The minimum atomic E-state index is -0.242. The molecule has 2 heterocycles. The molecule has 1 fully saturated rings. The summed E-state index contributed by atoms with van der Waals surface area (Å²) in [7, 11) is 0. The van der Waals surface area contributed by atoms with Gasteiger partial charge >= 0.3 is 0 Å². The molecule has 1 aliphatic rings. The van der Waals surface area contributed by atoms with Crippen LogP contribution >= 0.6 is 11.3 Å². The Labute approximate surface area is 133 Å². The van der Waals surface area contributed by atoms with Gasteiger partial charge in [0.05, 0.1) is 11.8 Å². The van der Waals surface area contributed by atoms with Crippen LogP contribution in [0, 0.1) is 5.92 Å². The molecule has 22 heavy (non-hydrogen) atoms. The molecule has 1 saturated carbocycles. The number of carbonyl (C=O) groups is 1. The SMILES string of the molecule is Nc1ccsc1C(=O)N[C@H](Cc1ccncc1)C1CC(O)C1. The average Bonchev–Trinajstić information content (AvgIpc) is 2.91. The summed E-state index contributed by atoms with van der Waals surface area (Å²) in [6, 6.07) is 5.64. The summed E-state index contributed by atoms with van der Waals surface area (Å²) in [6.07, 6.45) is 5.46. The third kappa shape index (κ3) is 3.28. The molecule has 4 N–H and O–H groups in total. The number of pyridine rings is 1. The third-order valence-electron chi connectivity index (χ3n) is 4.14. The molecule has 0 radical (unpaired) electrons. The van der Waals surface area contributed by atoms with Gasteiger partial charge in [0.15, 0.2) is 0 Å². The van der Waals surface area contributed by atoms with E-state index in [9.17, 15) is 9.90 Å². The number of thiophene rings is 1. The predicted molar refractivity (Wildman–Crippen MR) is 86.7 cm³/mol. The lowest BCUT2D eigenvalue weighted by atomic mass is 9.75. The molecule has 0 bridgehead atoms. The van der Waals surface area contributed by atoms with Crippen molar-refractivity contribution in [2.75, 3.05) is 5.73 Å². The van der Waals surface area contributed by atoms with Crippen LogP contribution in [0.25, 0.3) is 0 Å². The number of aliphatic hydroxyl groups is 1. The second-order valence-corrected chi connectivity index (χ2v) is 6.65. The summed E-state index contributed by atoms with van der Waals surface area (Å²) in [6.45, 7) is 0. The lowest BCUT2D eigenvalue weighted by Crippen LogP contribution is -2.48. The number of nitrogen functional groups attached to an aromatic ring is 1. The molecule has 1 aliphatic carbocycles. The Balaban J connectivity index is 1.71. The first kappa shape index (κ1) is 15.0. The molecule has 0 saturated heterocycles. The molecule has 0 spiro atoms. The smallest absolute Gasteiger partial charge is 0.263 e. The quantitative estimate of drug-likeness (QED) is 0.785. The zero-order valence-electron chi connectivity index (χ0n) is 12.1. The van der Waals surface area contributed by atoms with Gasteiger partial charge in [0.25, 0.3) is 5.91 Å². The highest BCUT2D eigenvalue weighted by Gasteiger charge is 2.35. The number of nitrogens with two attached hydrogens (primary N) is 1. The Hall–Kier alpha value is -1.92. The summed E-state index contributed by atoms with van der Waals surface area (Å²) in [5, 5.41) is 14.5. The molecule has 1 atom stereocenters. The lowest BCUT2D eigenvalue weighted by Gasteiger charge is -2.38. The standard InChI is InChI=1S/C16H19N3O2S/c17-13-3-6-22-15(13)16(21)19-14(11-8-12(20)9-11)7-10-1-4-18-5-2-10/h1-6,11-12,14,20H,7-9,17H2,(H,19,21)/t11?,12?,14-/m1/s1. The fourth-order valence-corrected chi connectivity index (χ4v) is 3.53.